The number of fused-ring (bicyclic) bond motifs is 3. The number of rotatable bonds is 4. The first kappa shape index (κ1) is 20.9. The predicted molar refractivity (Wildman–Crippen MR) is 127 cm³/mol. The molecule has 0 aliphatic carbocycles. The standard InChI is InChI=1S/C24H23N3O3S2/c1-15(2)27-24(25-14-26-27)22-13-18-9-10-30-21-12-17(7-8-20(21)23(18)31-22)16-5-4-6-19(11-16)32(3,28)29/h4-8,11-15H,9-10H2,1-3H3. The maximum Gasteiger partial charge on any atom is 0.175 e. The number of hydrogen-bond acceptors (Lipinski definition) is 6. The molecule has 32 heavy (non-hydrogen) atoms. The third kappa shape index (κ3) is 3.73. The third-order valence-electron chi connectivity index (χ3n) is 5.54. The minimum Gasteiger partial charge on any atom is -0.493 e. The fourth-order valence-electron chi connectivity index (χ4n) is 3.94. The molecule has 164 valence electrons. The highest BCUT2D eigenvalue weighted by atomic mass is 32.2. The second-order valence-electron chi connectivity index (χ2n) is 8.20. The summed E-state index contributed by atoms with van der Waals surface area (Å²) in [6.07, 6.45) is 3.64. The largest absolute Gasteiger partial charge is 0.493 e. The van der Waals surface area contributed by atoms with Crippen molar-refractivity contribution in [3.8, 4) is 38.0 Å². The molecule has 0 atom stereocenters. The Labute approximate surface area is 191 Å². The summed E-state index contributed by atoms with van der Waals surface area (Å²) in [6.45, 7) is 4.78. The van der Waals surface area contributed by atoms with Crippen LogP contribution in [0.4, 0.5) is 0 Å². The van der Waals surface area contributed by atoms with Crippen LogP contribution in [0.3, 0.4) is 0 Å². The lowest BCUT2D eigenvalue weighted by Gasteiger charge is -2.11. The van der Waals surface area contributed by atoms with Crippen LogP contribution in [0.15, 0.2) is 59.8 Å². The quantitative estimate of drug-likeness (QED) is 0.411. The van der Waals surface area contributed by atoms with Crippen molar-refractivity contribution in [3.05, 3.63) is 60.4 Å². The zero-order valence-corrected chi connectivity index (χ0v) is 19.7. The number of benzene rings is 2. The highest BCUT2D eigenvalue weighted by Crippen LogP contribution is 2.44. The molecule has 0 amide bonds. The van der Waals surface area contributed by atoms with E-state index >= 15 is 0 Å². The normalized spacial score (nSPS) is 13.4. The number of aromatic nitrogens is 3. The minimum atomic E-state index is -3.27. The smallest absolute Gasteiger partial charge is 0.175 e. The number of sulfone groups is 1. The van der Waals surface area contributed by atoms with E-state index in [1.54, 1.807) is 35.9 Å². The van der Waals surface area contributed by atoms with Crippen molar-refractivity contribution in [2.75, 3.05) is 12.9 Å². The zero-order valence-electron chi connectivity index (χ0n) is 18.1. The van der Waals surface area contributed by atoms with Crippen LogP contribution in [-0.2, 0) is 16.3 Å². The Morgan fingerprint density at radius 2 is 1.91 bits per heavy atom. The van der Waals surface area contributed by atoms with Crippen LogP contribution < -0.4 is 4.74 Å². The van der Waals surface area contributed by atoms with Crippen LogP contribution in [-0.4, -0.2) is 36.0 Å². The van der Waals surface area contributed by atoms with Gasteiger partial charge in [0, 0.05) is 29.2 Å². The Morgan fingerprint density at radius 3 is 2.69 bits per heavy atom. The zero-order chi connectivity index (χ0) is 22.5. The monoisotopic (exact) mass is 465 g/mol. The Bertz CT molecular complexity index is 1420. The van der Waals surface area contributed by atoms with Crippen LogP contribution in [0.25, 0.3) is 32.3 Å². The second kappa shape index (κ2) is 7.86. The minimum absolute atomic E-state index is 0.232. The first-order valence-corrected chi connectivity index (χ1v) is 13.1. The van der Waals surface area contributed by atoms with Gasteiger partial charge in [-0.05, 0) is 60.9 Å². The second-order valence-corrected chi connectivity index (χ2v) is 11.3. The van der Waals surface area contributed by atoms with Crippen molar-refractivity contribution < 1.29 is 13.2 Å². The molecular formula is C24H23N3O3S2. The van der Waals surface area contributed by atoms with Crippen LogP contribution >= 0.6 is 11.3 Å². The first-order valence-electron chi connectivity index (χ1n) is 10.4. The average molecular weight is 466 g/mol. The lowest BCUT2D eigenvalue weighted by Crippen LogP contribution is -2.04. The van der Waals surface area contributed by atoms with Crippen LogP contribution in [0, 0.1) is 0 Å². The summed E-state index contributed by atoms with van der Waals surface area (Å²) in [5.41, 5.74) is 4.07. The van der Waals surface area contributed by atoms with Crippen LogP contribution in [0.2, 0.25) is 0 Å². The van der Waals surface area contributed by atoms with Crippen LogP contribution in [0.5, 0.6) is 5.75 Å². The van der Waals surface area contributed by atoms with Crippen molar-refractivity contribution in [2.24, 2.45) is 0 Å². The van der Waals surface area contributed by atoms with Crippen molar-refractivity contribution in [2.45, 2.75) is 31.2 Å². The molecule has 0 radical (unpaired) electrons. The van der Waals surface area contributed by atoms with E-state index < -0.39 is 9.84 Å². The first-order chi connectivity index (χ1) is 15.3. The summed E-state index contributed by atoms with van der Waals surface area (Å²) in [4.78, 5) is 7.08. The molecule has 0 saturated carbocycles. The molecule has 1 aliphatic rings. The van der Waals surface area contributed by atoms with Crippen molar-refractivity contribution >= 4 is 21.2 Å². The fourth-order valence-corrected chi connectivity index (χ4v) is 5.84. The van der Waals surface area contributed by atoms with Gasteiger partial charge in [0.1, 0.15) is 12.1 Å². The van der Waals surface area contributed by atoms with E-state index in [1.807, 2.05) is 22.9 Å². The maximum absolute atomic E-state index is 12.0. The van der Waals surface area contributed by atoms with Gasteiger partial charge in [0.15, 0.2) is 15.7 Å². The number of ether oxygens (including phenoxy) is 1. The van der Waals surface area contributed by atoms with Crippen LogP contribution in [0.1, 0.15) is 25.5 Å². The SMILES string of the molecule is CC(C)n1ncnc1-c1cc2c(s1)-c1ccc(-c3cccc(S(C)(=O)=O)c3)cc1OCC2. The van der Waals surface area contributed by atoms with E-state index in [-0.39, 0.29) is 6.04 Å². The van der Waals surface area contributed by atoms with Gasteiger partial charge < -0.3 is 4.74 Å². The molecule has 0 spiro atoms. The van der Waals surface area contributed by atoms with Gasteiger partial charge >= 0.3 is 0 Å². The van der Waals surface area contributed by atoms with Gasteiger partial charge in [-0.3, -0.25) is 0 Å². The molecule has 2 aromatic heterocycles. The van der Waals surface area contributed by atoms with Crippen molar-refractivity contribution in [1.82, 2.24) is 14.8 Å². The summed E-state index contributed by atoms with van der Waals surface area (Å²) in [5, 5.41) is 4.38. The Balaban J connectivity index is 1.57. The van der Waals surface area contributed by atoms with Crippen molar-refractivity contribution in [3.63, 3.8) is 0 Å². The van der Waals surface area contributed by atoms with E-state index in [1.165, 1.54) is 16.7 Å². The lowest BCUT2D eigenvalue weighted by molar-refractivity contribution is 0.326. The van der Waals surface area contributed by atoms with E-state index in [9.17, 15) is 8.42 Å². The molecule has 4 aromatic rings. The van der Waals surface area contributed by atoms with Gasteiger partial charge in [-0.25, -0.2) is 18.1 Å². The molecule has 0 unspecified atom stereocenters. The molecule has 0 N–H and O–H groups in total. The molecule has 1 aliphatic heterocycles. The van der Waals surface area contributed by atoms with Gasteiger partial charge in [-0.2, -0.15) is 5.10 Å². The topological polar surface area (TPSA) is 74.1 Å². The van der Waals surface area contributed by atoms with Gasteiger partial charge in [0.05, 0.1) is 16.4 Å². The molecule has 8 heteroatoms. The molecular weight excluding hydrogens is 442 g/mol. The summed E-state index contributed by atoms with van der Waals surface area (Å²) in [7, 11) is -3.27. The lowest BCUT2D eigenvalue weighted by atomic mass is 10.0. The molecule has 0 saturated heterocycles. The van der Waals surface area contributed by atoms with Gasteiger partial charge in [0.2, 0.25) is 0 Å². The number of thiophene rings is 1. The average Bonchev–Trinajstić information content (AvgIpc) is 3.37. The summed E-state index contributed by atoms with van der Waals surface area (Å²) >= 11 is 1.71. The summed E-state index contributed by atoms with van der Waals surface area (Å²) in [5.74, 6) is 1.69. The molecule has 5 rings (SSSR count). The Kier molecular flexibility index (Phi) is 5.14. The maximum atomic E-state index is 12.0. The third-order valence-corrected chi connectivity index (χ3v) is 7.86. The predicted octanol–water partition coefficient (Wildman–Crippen LogP) is 5.26. The van der Waals surface area contributed by atoms with Gasteiger partial charge in [-0.1, -0.05) is 18.2 Å². The van der Waals surface area contributed by atoms with E-state index in [0.29, 0.717) is 11.5 Å². The number of nitrogens with zero attached hydrogens (tertiary/aromatic N) is 3. The number of hydrogen-bond donors (Lipinski definition) is 0. The highest BCUT2D eigenvalue weighted by molar-refractivity contribution is 7.90. The Morgan fingerprint density at radius 1 is 1.09 bits per heavy atom. The summed E-state index contributed by atoms with van der Waals surface area (Å²) in [6, 6.07) is 15.5. The molecule has 6 nitrogen and oxygen atoms in total. The molecule has 0 bridgehead atoms. The molecule has 3 heterocycles. The fraction of sp³-hybridized carbons (Fsp3) is 0.250. The van der Waals surface area contributed by atoms with E-state index in [0.717, 1.165) is 39.6 Å². The van der Waals surface area contributed by atoms with Crippen molar-refractivity contribution in [1.29, 1.82) is 0 Å². The molecule has 0 fully saturated rings. The highest BCUT2D eigenvalue weighted by Gasteiger charge is 2.22. The van der Waals surface area contributed by atoms with Gasteiger partial charge in [0.25, 0.3) is 0 Å². The summed E-state index contributed by atoms with van der Waals surface area (Å²) < 4.78 is 32.0. The van der Waals surface area contributed by atoms with Gasteiger partial charge in [-0.15, -0.1) is 11.3 Å². The van der Waals surface area contributed by atoms with E-state index in [4.69, 9.17) is 4.74 Å². The van der Waals surface area contributed by atoms with E-state index in [2.05, 4.69) is 36.1 Å². The molecule has 2 aromatic carbocycles. The Hall–Kier alpha value is -2.97.